The number of nitrogens with one attached hydrogen (secondary N) is 1. The second-order valence-corrected chi connectivity index (χ2v) is 5.58. The molecule has 1 aliphatic carbocycles. The van der Waals surface area contributed by atoms with Crippen LogP contribution in [0, 0.1) is 11.2 Å². The first kappa shape index (κ1) is 14.9. The Kier molecular flexibility index (Phi) is 4.73. The quantitative estimate of drug-likeness (QED) is 0.747. The van der Waals surface area contributed by atoms with Crippen molar-refractivity contribution in [2.75, 3.05) is 13.2 Å². The Morgan fingerprint density at radius 1 is 1.35 bits per heavy atom. The number of benzene rings is 1. The normalized spacial score (nSPS) is 17.3. The summed E-state index contributed by atoms with van der Waals surface area (Å²) in [7, 11) is 0. The minimum atomic E-state index is -1.06. The Labute approximate surface area is 117 Å². The van der Waals surface area contributed by atoms with E-state index in [2.05, 4.69) is 5.32 Å². The van der Waals surface area contributed by atoms with Crippen molar-refractivity contribution in [2.45, 2.75) is 32.2 Å². The maximum atomic E-state index is 13.6. The maximum absolute atomic E-state index is 13.6. The van der Waals surface area contributed by atoms with Gasteiger partial charge in [-0.3, -0.25) is 0 Å². The van der Waals surface area contributed by atoms with Gasteiger partial charge in [-0.25, -0.2) is 9.18 Å². The molecule has 110 valence electrons. The van der Waals surface area contributed by atoms with Crippen LogP contribution in [0.4, 0.5) is 4.39 Å². The van der Waals surface area contributed by atoms with E-state index in [4.69, 9.17) is 5.11 Å². The molecular formula is C15H20FNO3. The van der Waals surface area contributed by atoms with Crippen LogP contribution in [-0.4, -0.2) is 29.3 Å². The number of aromatic carboxylic acids is 1. The van der Waals surface area contributed by atoms with Crippen molar-refractivity contribution in [1.29, 1.82) is 0 Å². The van der Waals surface area contributed by atoms with Crippen molar-refractivity contribution in [3.05, 3.63) is 35.1 Å². The molecule has 0 unspecified atom stereocenters. The fourth-order valence-corrected chi connectivity index (χ4v) is 2.82. The number of carbonyl (C=O) groups is 1. The van der Waals surface area contributed by atoms with Gasteiger partial charge in [0, 0.05) is 30.7 Å². The number of hydrogen-bond donors (Lipinski definition) is 3. The summed E-state index contributed by atoms with van der Waals surface area (Å²) in [5, 5.41) is 21.5. The fraction of sp³-hybridized carbons (Fsp3) is 0.533. The lowest BCUT2D eigenvalue weighted by molar-refractivity contribution is 0.0696. The molecule has 0 aromatic heterocycles. The summed E-state index contributed by atoms with van der Waals surface area (Å²) >= 11 is 0. The smallest absolute Gasteiger partial charge is 0.335 e. The van der Waals surface area contributed by atoms with Gasteiger partial charge in [0.1, 0.15) is 5.82 Å². The van der Waals surface area contributed by atoms with Crippen LogP contribution in [-0.2, 0) is 6.54 Å². The zero-order chi connectivity index (χ0) is 14.6. The van der Waals surface area contributed by atoms with Gasteiger partial charge in [-0.1, -0.05) is 12.8 Å². The van der Waals surface area contributed by atoms with E-state index in [-0.39, 0.29) is 24.1 Å². The molecule has 1 saturated carbocycles. The van der Waals surface area contributed by atoms with E-state index < -0.39 is 11.8 Å². The topological polar surface area (TPSA) is 69.6 Å². The van der Waals surface area contributed by atoms with Crippen molar-refractivity contribution in [1.82, 2.24) is 5.32 Å². The van der Waals surface area contributed by atoms with E-state index in [0.29, 0.717) is 12.1 Å². The number of hydrogen-bond acceptors (Lipinski definition) is 3. The molecule has 0 heterocycles. The second-order valence-electron chi connectivity index (χ2n) is 5.58. The third kappa shape index (κ3) is 3.35. The minimum absolute atomic E-state index is 0.0842. The van der Waals surface area contributed by atoms with Crippen LogP contribution in [0.1, 0.15) is 41.6 Å². The standard InChI is InChI=1S/C15H20FNO3/c16-13-4-3-11(14(19)20)7-12(13)8-17-9-15(10-18)5-1-2-6-15/h3-4,7,17-18H,1-2,5-6,8-10H2,(H,19,20). The van der Waals surface area contributed by atoms with Crippen molar-refractivity contribution < 1.29 is 19.4 Å². The summed E-state index contributed by atoms with van der Waals surface area (Å²) in [4.78, 5) is 10.9. The molecule has 5 heteroatoms. The molecule has 0 atom stereocenters. The Balaban J connectivity index is 1.96. The van der Waals surface area contributed by atoms with Gasteiger partial charge in [0.25, 0.3) is 0 Å². The molecule has 0 aliphatic heterocycles. The van der Waals surface area contributed by atoms with E-state index in [1.165, 1.54) is 18.2 Å². The van der Waals surface area contributed by atoms with Gasteiger partial charge >= 0.3 is 5.97 Å². The zero-order valence-electron chi connectivity index (χ0n) is 11.4. The van der Waals surface area contributed by atoms with Crippen molar-refractivity contribution in [2.24, 2.45) is 5.41 Å². The average Bonchev–Trinajstić information content (AvgIpc) is 2.90. The van der Waals surface area contributed by atoms with Crippen LogP contribution >= 0.6 is 0 Å². The first-order valence-electron chi connectivity index (χ1n) is 6.90. The predicted molar refractivity (Wildman–Crippen MR) is 73.1 cm³/mol. The molecule has 0 amide bonds. The molecule has 0 saturated heterocycles. The highest BCUT2D eigenvalue weighted by molar-refractivity contribution is 5.87. The van der Waals surface area contributed by atoms with Crippen LogP contribution in [0.25, 0.3) is 0 Å². The summed E-state index contributed by atoms with van der Waals surface area (Å²) in [5.74, 6) is -1.47. The van der Waals surface area contributed by atoms with Gasteiger partial charge in [0.15, 0.2) is 0 Å². The summed E-state index contributed by atoms with van der Waals surface area (Å²) in [6.45, 7) is 1.03. The van der Waals surface area contributed by atoms with Gasteiger partial charge in [-0.15, -0.1) is 0 Å². The number of aliphatic hydroxyl groups is 1. The highest BCUT2D eigenvalue weighted by Gasteiger charge is 2.32. The molecule has 0 radical (unpaired) electrons. The third-order valence-corrected chi connectivity index (χ3v) is 4.11. The lowest BCUT2D eigenvalue weighted by Gasteiger charge is -2.26. The molecule has 0 spiro atoms. The van der Waals surface area contributed by atoms with Gasteiger partial charge in [-0.2, -0.15) is 0 Å². The second kappa shape index (κ2) is 6.33. The van der Waals surface area contributed by atoms with Gasteiger partial charge < -0.3 is 15.5 Å². The zero-order valence-corrected chi connectivity index (χ0v) is 11.4. The number of aliphatic hydroxyl groups excluding tert-OH is 1. The SMILES string of the molecule is O=C(O)c1ccc(F)c(CNCC2(CO)CCCC2)c1. The summed E-state index contributed by atoms with van der Waals surface area (Å²) in [5.41, 5.74) is 0.331. The molecular weight excluding hydrogens is 261 g/mol. The van der Waals surface area contributed by atoms with Gasteiger partial charge in [0.2, 0.25) is 0 Å². The average molecular weight is 281 g/mol. The van der Waals surface area contributed by atoms with Gasteiger partial charge in [-0.05, 0) is 31.0 Å². The van der Waals surface area contributed by atoms with E-state index in [1.807, 2.05) is 0 Å². The molecule has 1 fully saturated rings. The highest BCUT2D eigenvalue weighted by atomic mass is 19.1. The number of carboxylic acids is 1. The largest absolute Gasteiger partial charge is 0.478 e. The van der Waals surface area contributed by atoms with E-state index in [0.717, 1.165) is 25.7 Å². The third-order valence-electron chi connectivity index (χ3n) is 4.11. The molecule has 0 bridgehead atoms. The van der Waals surface area contributed by atoms with Gasteiger partial charge in [0.05, 0.1) is 5.56 Å². The Morgan fingerprint density at radius 3 is 2.65 bits per heavy atom. The van der Waals surface area contributed by atoms with Crippen molar-refractivity contribution in [3.63, 3.8) is 0 Å². The molecule has 3 N–H and O–H groups in total. The number of carboxylic acid groups (broad SMARTS) is 1. The Bertz CT molecular complexity index is 484. The van der Waals surface area contributed by atoms with Crippen LogP contribution < -0.4 is 5.32 Å². The van der Waals surface area contributed by atoms with Crippen molar-refractivity contribution >= 4 is 5.97 Å². The van der Waals surface area contributed by atoms with Crippen LogP contribution in [0.3, 0.4) is 0 Å². The van der Waals surface area contributed by atoms with Crippen molar-refractivity contribution in [3.8, 4) is 0 Å². The lowest BCUT2D eigenvalue weighted by Crippen LogP contribution is -2.35. The predicted octanol–water partition coefficient (Wildman–Crippen LogP) is 2.17. The number of halogens is 1. The summed E-state index contributed by atoms with van der Waals surface area (Å²) < 4.78 is 13.6. The minimum Gasteiger partial charge on any atom is -0.478 e. The fourth-order valence-electron chi connectivity index (χ4n) is 2.82. The molecule has 1 aliphatic rings. The first-order chi connectivity index (χ1) is 9.56. The molecule has 1 aromatic carbocycles. The lowest BCUT2D eigenvalue weighted by atomic mass is 9.87. The van der Waals surface area contributed by atoms with E-state index >= 15 is 0 Å². The number of rotatable bonds is 6. The van der Waals surface area contributed by atoms with Crippen LogP contribution in [0.5, 0.6) is 0 Å². The molecule has 4 nitrogen and oxygen atoms in total. The Hall–Kier alpha value is -1.46. The van der Waals surface area contributed by atoms with Crippen LogP contribution in [0.15, 0.2) is 18.2 Å². The maximum Gasteiger partial charge on any atom is 0.335 e. The molecule has 20 heavy (non-hydrogen) atoms. The Morgan fingerprint density at radius 2 is 2.05 bits per heavy atom. The van der Waals surface area contributed by atoms with E-state index in [1.54, 1.807) is 0 Å². The summed E-state index contributed by atoms with van der Waals surface area (Å²) in [6, 6.07) is 3.79. The highest BCUT2D eigenvalue weighted by Crippen LogP contribution is 2.36. The molecule has 1 aromatic rings. The van der Waals surface area contributed by atoms with Crippen LogP contribution in [0.2, 0.25) is 0 Å². The monoisotopic (exact) mass is 281 g/mol. The molecule has 2 rings (SSSR count). The first-order valence-corrected chi connectivity index (χ1v) is 6.90. The summed E-state index contributed by atoms with van der Waals surface area (Å²) in [6.07, 6.45) is 4.19. The van der Waals surface area contributed by atoms with E-state index in [9.17, 15) is 14.3 Å².